The van der Waals surface area contributed by atoms with Gasteiger partial charge in [0.05, 0.1) is 25.2 Å². The van der Waals surface area contributed by atoms with Gasteiger partial charge in [-0.05, 0) is 36.5 Å². The van der Waals surface area contributed by atoms with E-state index in [9.17, 15) is 9.59 Å². The average molecular weight is 314 g/mol. The average Bonchev–Trinajstić information content (AvgIpc) is 2.84. The minimum atomic E-state index is -0.801. The highest BCUT2D eigenvalue weighted by molar-refractivity contribution is 6.21. The maximum atomic E-state index is 12.6. The first-order chi connectivity index (χ1) is 10.9. The molecule has 23 heavy (non-hydrogen) atoms. The Kier molecular flexibility index (Phi) is 3.58. The van der Waals surface area contributed by atoms with Gasteiger partial charge in [0.1, 0.15) is 0 Å². The van der Waals surface area contributed by atoms with Crippen molar-refractivity contribution in [3.05, 3.63) is 41.0 Å². The number of carbonyl (C=O) groups is 2. The van der Waals surface area contributed by atoms with Crippen LogP contribution in [0.2, 0.25) is 0 Å². The Hall–Kier alpha value is -2.10. The number of hydrogen-bond acceptors (Lipinski definition) is 4. The molecule has 1 aromatic carbocycles. The zero-order chi connectivity index (χ0) is 16.8. The predicted octanol–water partition coefficient (Wildman–Crippen LogP) is 3.25. The standard InChI is InChI=1S/C19H22O4/c1-18-10-7-11-19(2,17(21)23-4)15(18)14(16(20)22-3)12-8-5-6-9-13(12)18/h5-6,8-9H,7,10-11H2,1-4H3. The van der Waals surface area contributed by atoms with Crippen molar-refractivity contribution in [1.29, 1.82) is 0 Å². The van der Waals surface area contributed by atoms with E-state index in [1.54, 1.807) is 0 Å². The van der Waals surface area contributed by atoms with Crippen LogP contribution in [0.1, 0.15) is 44.2 Å². The molecule has 0 aliphatic heterocycles. The van der Waals surface area contributed by atoms with E-state index in [1.807, 2.05) is 31.2 Å². The van der Waals surface area contributed by atoms with E-state index in [1.165, 1.54) is 14.2 Å². The number of benzene rings is 1. The maximum absolute atomic E-state index is 12.6. The Morgan fingerprint density at radius 1 is 1.04 bits per heavy atom. The highest BCUT2D eigenvalue weighted by Gasteiger charge is 2.56. The normalized spacial score (nSPS) is 28.9. The molecule has 2 atom stereocenters. The third kappa shape index (κ3) is 1.97. The number of hydrogen-bond donors (Lipinski definition) is 0. The summed E-state index contributed by atoms with van der Waals surface area (Å²) in [6.45, 7) is 4.01. The molecule has 2 unspecified atom stereocenters. The lowest BCUT2D eigenvalue weighted by atomic mass is 9.59. The second-order valence-electron chi connectivity index (χ2n) is 6.80. The van der Waals surface area contributed by atoms with Crippen molar-refractivity contribution >= 4 is 17.5 Å². The summed E-state index contributed by atoms with van der Waals surface area (Å²) in [4.78, 5) is 25.1. The monoisotopic (exact) mass is 314 g/mol. The van der Waals surface area contributed by atoms with Crippen molar-refractivity contribution in [2.75, 3.05) is 14.2 Å². The molecule has 0 radical (unpaired) electrons. The van der Waals surface area contributed by atoms with Gasteiger partial charge in [0.2, 0.25) is 0 Å². The highest BCUT2D eigenvalue weighted by Crippen LogP contribution is 2.60. The molecule has 3 rings (SSSR count). The fraction of sp³-hybridized carbons (Fsp3) is 0.474. The highest BCUT2D eigenvalue weighted by atomic mass is 16.5. The van der Waals surface area contributed by atoms with Crippen molar-refractivity contribution < 1.29 is 19.1 Å². The Morgan fingerprint density at radius 2 is 1.74 bits per heavy atom. The molecule has 0 N–H and O–H groups in total. The molecule has 0 spiro atoms. The molecule has 1 fully saturated rings. The first-order valence-corrected chi connectivity index (χ1v) is 7.92. The van der Waals surface area contributed by atoms with Gasteiger partial charge in [0.15, 0.2) is 0 Å². The fourth-order valence-corrected chi connectivity index (χ4v) is 4.54. The number of ether oxygens (including phenoxy) is 2. The van der Waals surface area contributed by atoms with Gasteiger partial charge in [-0.2, -0.15) is 0 Å². The van der Waals surface area contributed by atoms with Crippen molar-refractivity contribution in [3.63, 3.8) is 0 Å². The van der Waals surface area contributed by atoms with Gasteiger partial charge in [-0.1, -0.05) is 37.6 Å². The van der Waals surface area contributed by atoms with E-state index in [2.05, 4.69) is 6.92 Å². The molecule has 1 saturated carbocycles. The summed E-state index contributed by atoms with van der Waals surface area (Å²) in [5.74, 6) is -0.666. The second-order valence-corrected chi connectivity index (χ2v) is 6.80. The largest absolute Gasteiger partial charge is 0.468 e. The van der Waals surface area contributed by atoms with Crippen LogP contribution < -0.4 is 0 Å². The lowest BCUT2D eigenvalue weighted by molar-refractivity contribution is -0.151. The summed E-state index contributed by atoms with van der Waals surface area (Å²) >= 11 is 0. The van der Waals surface area contributed by atoms with Gasteiger partial charge in [-0.3, -0.25) is 4.79 Å². The third-order valence-electron chi connectivity index (χ3n) is 5.52. The van der Waals surface area contributed by atoms with Crippen LogP contribution >= 0.6 is 0 Å². The van der Waals surface area contributed by atoms with Gasteiger partial charge >= 0.3 is 11.9 Å². The second kappa shape index (κ2) is 5.22. The summed E-state index contributed by atoms with van der Waals surface area (Å²) in [5, 5.41) is 0. The van der Waals surface area contributed by atoms with Crippen LogP contribution in [0.3, 0.4) is 0 Å². The van der Waals surface area contributed by atoms with Crippen LogP contribution in [0.5, 0.6) is 0 Å². The molecule has 4 heteroatoms. The fourth-order valence-electron chi connectivity index (χ4n) is 4.54. The SMILES string of the molecule is COC(=O)C1=C2C(C)(C(=O)OC)CCCC2(C)c2ccccc21. The summed E-state index contributed by atoms with van der Waals surface area (Å²) in [5.41, 5.74) is 2.25. The van der Waals surface area contributed by atoms with Crippen molar-refractivity contribution in [3.8, 4) is 0 Å². The quantitative estimate of drug-likeness (QED) is 0.786. The third-order valence-corrected chi connectivity index (χ3v) is 5.52. The molecule has 2 aliphatic carbocycles. The van der Waals surface area contributed by atoms with Crippen LogP contribution in [0.25, 0.3) is 5.57 Å². The van der Waals surface area contributed by atoms with Gasteiger partial charge in [0.25, 0.3) is 0 Å². The van der Waals surface area contributed by atoms with Crippen LogP contribution in [0.15, 0.2) is 29.8 Å². The van der Waals surface area contributed by atoms with Crippen LogP contribution in [-0.4, -0.2) is 26.2 Å². The van der Waals surface area contributed by atoms with E-state index in [0.29, 0.717) is 12.0 Å². The van der Waals surface area contributed by atoms with Gasteiger partial charge in [-0.15, -0.1) is 0 Å². The smallest absolute Gasteiger partial charge is 0.338 e. The summed E-state index contributed by atoms with van der Waals surface area (Å²) in [6.07, 6.45) is 2.50. The van der Waals surface area contributed by atoms with Crippen molar-refractivity contribution in [2.24, 2.45) is 5.41 Å². The lowest BCUT2D eigenvalue weighted by Crippen LogP contribution is -2.43. The molecule has 1 aromatic rings. The van der Waals surface area contributed by atoms with E-state index in [0.717, 1.165) is 29.5 Å². The number of esters is 2. The van der Waals surface area contributed by atoms with Crippen LogP contribution in [-0.2, 0) is 24.5 Å². The van der Waals surface area contributed by atoms with Gasteiger partial charge in [0, 0.05) is 5.41 Å². The Labute approximate surface area is 136 Å². The zero-order valence-corrected chi connectivity index (χ0v) is 14.1. The molecule has 2 aliphatic rings. The minimum absolute atomic E-state index is 0.285. The number of rotatable bonds is 2. The molecule has 0 bridgehead atoms. The van der Waals surface area contributed by atoms with Crippen molar-refractivity contribution in [1.82, 2.24) is 0 Å². The molecule has 0 amide bonds. The van der Waals surface area contributed by atoms with Crippen LogP contribution in [0.4, 0.5) is 0 Å². The first-order valence-electron chi connectivity index (χ1n) is 7.92. The molecular weight excluding hydrogens is 292 g/mol. The number of carbonyl (C=O) groups excluding carboxylic acids is 2. The molecule has 0 heterocycles. The maximum Gasteiger partial charge on any atom is 0.338 e. The summed E-state index contributed by atoms with van der Waals surface area (Å²) in [6, 6.07) is 7.88. The van der Waals surface area contributed by atoms with E-state index >= 15 is 0 Å². The molecule has 122 valence electrons. The lowest BCUT2D eigenvalue weighted by Gasteiger charge is -2.44. The molecule has 0 saturated heterocycles. The Balaban J connectivity index is 2.35. The number of methoxy groups -OCH3 is 2. The summed E-state index contributed by atoms with van der Waals surface area (Å²) in [7, 11) is 2.78. The van der Waals surface area contributed by atoms with Gasteiger partial charge < -0.3 is 9.47 Å². The van der Waals surface area contributed by atoms with Crippen molar-refractivity contribution in [2.45, 2.75) is 38.5 Å². The topological polar surface area (TPSA) is 52.6 Å². The minimum Gasteiger partial charge on any atom is -0.468 e. The predicted molar refractivity (Wildman–Crippen MR) is 86.7 cm³/mol. The molecule has 0 aromatic heterocycles. The first kappa shape index (κ1) is 15.8. The Morgan fingerprint density at radius 3 is 2.39 bits per heavy atom. The number of fused-ring (bicyclic) bond motifs is 3. The summed E-state index contributed by atoms with van der Waals surface area (Å²) < 4.78 is 10.1. The van der Waals surface area contributed by atoms with E-state index < -0.39 is 5.41 Å². The zero-order valence-electron chi connectivity index (χ0n) is 14.1. The molecular formula is C19H22O4. The Bertz CT molecular complexity index is 718. The molecule has 4 nitrogen and oxygen atoms in total. The van der Waals surface area contributed by atoms with E-state index in [-0.39, 0.29) is 17.4 Å². The van der Waals surface area contributed by atoms with Gasteiger partial charge in [-0.25, -0.2) is 4.79 Å². The van der Waals surface area contributed by atoms with E-state index in [4.69, 9.17) is 9.47 Å². The van der Waals surface area contributed by atoms with Crippen LogP contribution in [0, 0.1) is 5.41 Å².